The Bertz CT molecular complexity index is 448. The van der Waals surface area contributed by atoms with E-state index in [1.54, 1.807) is 0 Å². The van der Waals surface area contributed by atoms with Crippen molar-refractivity contribution >= 4 is 33.1 Å². The first-order chi connectivity index (χ1) is 8.74. The topological polar surface area (TPSA) is 35.2 Å². The highest BCUT2D eigenvalue weighted by atomic mass is 79.9. The predicted octanol–water partition coefficient (Wildman–Crippen LogP) is 4.54. The number of thiocarbonyl (C=S) groups is 1. The second kappa shape index (κ2) is 6.71. The lowest BCUT2D eigenvalue weighted by atomic mass is 9.88. The van der Waals surface area contributed by atoms with Crippen LogP contribution in [0.1, 0.15) is 37.8 Å². The van der Waals surface area contributed by atoms with Gasteiger partial charge in [-0.2, -0.15) is 0 Å². The Kier molecular flexibility index (Phi) is 5.81. The van der Waals surface area contributed by atoms with Gasteiger partial charge in [-0.25, -0.2) is 0 Å². The zero-order valence-corrected chi connectivity index (χ0v) is 14.5. The fraction of sp³-hybridized carbons (Fsp3) is 0.533. The summed E-state index contributed by atoms with van der Waals surface area (Å²) in [6, 6.07) is 4.10. The Hall–Kier alpha value is -0.610. The van der Waals surface area contributed by atoms with Crippen molar-refractivity contribution in [2.24, 2.45) is 11.1 Å². The molecule has 0 fully saturated rings. The average Bonchev–Trinajstić information content (AvgIpc) is 2.31. The predicted molar refractivity (Wildman–Crippen MR) is 88.9 cm³/mol. The van der Waals surface area contributed by atoms with E-state index in [-0.39, 0.29) is 5.41 Å². The summed E-state index contributed by atoms with van der Waals surface area (Å²) in [5.74, 6) is 0.923. The molecule has 0 radical (unpaired) electrons. The molecule has 1 rings (SSSR count). The molecular formula is C15H22BrNOS. The zero-order chi connectivity index (χ0) is 14.6. The number of hydrogen-bond donors (Lipinski definition) is 1. The Balaban J connectivity index is 2.49. The van der Waals surface area contributed by atoms with Gasteiger partial charge in [0.15, 0.2) is 0 Å². The van der Waals surface area contributed by atoms with E-state index in [4.69, 9.17) is 22.7 Å². The fourth-order valence-corrected chi connectivity index (χ4v) is 2.15. The van der Waals surface area contributed by atoms with Gasteiger partial charge in [0.05, 0.1) is 11.6 Å². The molecule has 19 heavy (non-hydrogen) atoms. The average molecular weight is 344 g/mol. The van der Waals surface area contributed by atoms with Crippen LogP contribution in [0.15, 0.2) is 16.6 Å². The maximum absolute atomic E-state index is 5.79. The molecule has 0 unspecified atom stereocenters. The molecular weight excluding hydrogens is 322 g/mol. The minimum Gasteiger partial charge on any atom is -0.494 e. The van der Waals surface area contributed by atoms with Crippen LogP contribution in [0, 0.1) is 19.3 Å². The van der Waals surface area contributed by atoms with Crippen LogP contribution >= 0.6 is 28.1 Å². The van der Waals surface area contributed by atoms with E-state index in [1.807, 2.05) is 0 Å². The minimum absolute atomic E-state index is 0.0930. The number of ether oxygens (including phenoxy) is 1. The number of hydrogen-bond acceptors (Lipinski definition) is 2. The van der Waals surface area contributed by atoms with Crippen LogP contribution in [0.25, 0.3) is 0 Å². The third-order valence-corrected chi connectivity index (χ3v) is 5.10. The molecule has 2 nitrogen and oxygen atoms in total. The fourth-order valence-electron chi connectivity index (χ4n) is 1.82. The van der Waals surface area contributed by atoms with Gasteiger partial charge in [-0.05, 0) is 49.9 Å². The molecule has 0 saturated heterocycles. The quantitative estimate of drug-likeness (QED) is 0.608. The van der Waals surface area contributed by atoms with Gasteiger partial charge in [-0.1, -0.05) is 42.0 Å². The van der Waals surface area contributed by atoms with Crippen LogP contribution in [0.3, 0.4) is 0 Å². The molecule has 0 spiro atoms. The zero-order valence-electron chi connectivity index (χ0n) is 12.0. The molecule has 0 aliphatic carbocycles. The highest BCUT2D eigenvalue weighted by Crippen LogP contribution is 2.27. The van der Waals surface area contributed by atoms with E-state index < -0.39 is 0 Å². The summed E-state index contributed by atoms with van der Waals surface area (Å²) >= 11 is 8.61. The second-order valence-electron chi connectivity index (χ2n) is 5.57. The van der Waals surface area contributed by atoms with E-state index in [1.165, 1.54) is 11.1 Å². The van der Waals surface area contributed by atoms with Crippen LogP contribution in [0.2, 0.25) is 0 Å². The molecule has 1 aromatic rings. The molecule has 0 heterocycles. The summed E-state index contributed by atoms with van der Waals surface area (Å²) in [6.45, 7) is 8.97. The van der Waals surface area contributed by atoms with Crippen molar-refractivity contribution in [3.63, 3.8) is 0 Å². The first-order valence-corrected chi connectivity index (χ1v) is 7.63. The van der Waals surface area contributed by atoms with Gasteiger partial charge in [0.2, 0.25) is 0 Å². The molecule has 0 bridgehead atoms. The molecule has 0 aromatic heterocycles. The lowest BCUT2D eigenvalue weighted by Crippen LogP contribution is -2.30. The van der Waals surface area contributed by atoms with Gasteiger partial charge >= 0.3 is 0 Å². The normalized spacial score (nSPS) is 11.4. The second-order valence-corrected chi connectivity index (χ2v) is 6.80. The van der Waals surface area contributed by atoms with Crippen LogP contribution in [-0.4, -0.2) is 11.6 Å². The minimum atomic E-state index is -0.0930. The van der Waals surface area contributed by atoms with Crippen LogP contribution in [0.5, 0.6) is 5.75 Å². The van der Waals surface area contributed by atoms with Crippen molar-refractivity contribution in [2.45, 2.75) is 40.5 Å². The van der Waals surface area contributed by atoms with Crippen molar-refractivity contribution in [3.8, 4) is 5.75 Å². The molecule has 0 aliphatic heterocycles. The lowest BCUT2D eigenvalue weighted by molar-refractivity contribution is 0.287. The summed E-state index contributed by atoms with van der Waals surface area (Å²) in [6.07, 6.45) is 1.88. The molecule has 106 valence electrons. The molecule has 4 heteroatoms. The number of benzene rings is 1. The van der Waals surface area contributed by atoms with E-state index in [2.05, 4.69) is 55.8 Å². The largest absolute Gasteiger partial charge is 0.494 e. The van der Waals surface area contributed by atoms with Crippen LogP contribution < -0.4 is 10.5 Å². The Labute approximate surface area is 129 Å². The van der Waals surface area contributed by atoms with Crippen LogP contribution in [-0.2, 0) is 0 Å². The number of aryl methyl sites for hydroxylation is 2. The van der Waals surface area contributed by atoms with Gasteiger partial charge in [-0.15, -0.1) is 0 Å². The molecule has 0 saturated carbocycles. The molecule has 0 amide bonds. The maximum Gasteiger partial charge on any atom is 0.119 e. The Morgan fingerprint density at radius 3 is 2.32 bits per heavy atom. The number of halogens is 1. The van der Waals surface area contributed by atoms with Gasteiger partial charge in [0, 0.05) is 9.89 Å². The highest BCUT2D eigenvalue weighted by Gasteiger charge is 2.20. The third kappa shape index (κ3) is 4.77. The van der Waals surface area contributed by atoms with E-state index in [0.29, 0.717) is 11.6 Å². The molecule has 1 aromatic carbocycles. The van der Waals surface area contributed by atoms with E-state index >= 15 is 0 Å². The summed E-state index contributed by atoms with van der Waals surface area (Å²) in [7, 11) is 0. The standard InChI is InChI=1S/C15H22BrNOS/c1-10-8-12(9-11(2)13(10)16)18-7-5-6-15(3,4)14(17)19/h8-9H,5-7H2,1-4H3,(H2,17,19). The summed E-state index contributed by atoms with van der Waals surface area (Å²) in [5.41, 5.74) is 8.00. The lowest BCUT2D eigenvalue weighted by Gasteiger charge is -2.22. The van der Waals surface area contributed by atoms with Gasteiger partial charge in [-0.3, -0.25) is 0 Å². The highest BCUT2D eigenvalue weighted by molar-refractivity contribution is 9.10. The number of nitrogens with two attached hydrogens (primary N) is 1. The monoisotopic (exact) mass is 343 g/mol. The van der Waals surface area contributed by atoms with Gasteiger partial charge < -0.3 is 10.5 Å². The van der Waals surface area contributed by atoms with Crippen molar-refractivity contribution in [1.29, 1.82) is 0 Å². The number of rotatable bonds is 6. The third-order valence-electron chi connectivity index (χ3n) is 3.29. The molecule has 0 aliphatic rings. The first kappa shape index (κ1) is 16.4. The van der Waals surface area contributed by atoms with Gasteiger partial charge in [0.1, 0.15) is 5.75 Å². The van der Waals surface area contributed by atoms with Crippen molar-refractivity contribution in [1.82, 2.24) is 0 Å². The smallest absolute Gasteiger partial charge is 0.119 e. The summed E-state index contributed by atoms with van der Waals surface area (Å²) < 4.78 is 6.94. The first-order valence-electron chi connectivity index (χ1n) is 6.43. The van der Waals surface area contributed by atoms with Gasteiger partial charge in [0.25, 0.3) is 0 Å². The van der Waals surface area contributed by atoms with Crippen LogP contribution in [0.4, 0.5) is 0 Å². The Morgan fingerprint density at radius 2 is 1.84 bits per heavy atom. The SMILES string of the molecule is Cc1cc(OCCCC(C)(C)C(N)=S)cc(C)c1Br. The summed E-state index contributed by atoms with van der Waals surface area (Å²) in [4.78, 5) is 0.572. The molecule has 0 atom stereocenters. The van der Waals surface area contributed by atoms with E-state index in [0.717, 1.165) is 23.1 Å². The molecule has 2 N–H and O–H groups in total. The van der Waals surface area contributed by atoms with E-state index in [9.17, 15) is 0 Å². The van der Waals surface area contributed by atoms with Crippen molar-refractivity contribution < 1.29 is 4.74 Å². The Morgan fingerprint density at radius 1 is 1.32 bits per heavy atom. The van der Waals surface area contributed by atoms with Crippen molar-refractivity contribution in [2.75, 3.05) is 6.61 Å². The maximum atomic E-state index is 5.79. The summed E-state index contributed by atoms with van der Waals surface area (Å²) in [5, 5.41) is 0. The van der Waals surface area contributed by atoms with Crippen molar-refractivity contribution in [3.05, 3.63) is 27.7 Å².